The molecule has 1 aliphatic rings. The molecule has 0 bridgehead atoms. The lowest BCUT2D eigenvalue weighted by atomic mass is 9.95. The van der Waals surface area contributed by atoms with Crippen molar-refractivity contribution in [1.29, 1.82) is 0 Å². The lowest BCUT2D eigenvalue weighted by Gasteiger charge is -2.28. The Balaban J connectivity index is 1.98. The van der Waals surface area contributed by atoms with Crippen molar-refractivity contribution in [1.82, 2.24) is 10.3 Å². The SMILES string of the molecule is CCN(C(C)=O)c1nc(CNC2(C)CCOC2C)cs1. The predicted molar refractivity (Wildman–Crippen MR) is 81.1 cm³/mol. The van der Waals surface area contributed by atoms with E-state index in [0.29, 0.717) is 13.1 Å². The normalized spacial score (nSPS) is 25.9. The molecule has 5 nitrogen and oxygen atoms in total. The minimum absolute atomic E-state index is 0.00873. The van der Waals surface area contributed by atoms with E-state index in [2.05, 4.69) is 24.1 Å². The summed E-state index contributed by atoms with van der Waals surface area (Å²) in [6.45, 7) is 9.98. The smallest absolute Gasteiger partial charge is 0.225 e. The summed E-state index contributed by atoms with van der Waals surface area (Å²) in [5.74, 6) is 0.0335. The highest BCUT2D eigenvalue weighted by molar-refractivity contribution is 7.14. The van der Waals surface area contributed by atoms with Crippen LogP contribution in [-0.4, -0.2) is 35.7 Å². The van der Waals surface area contributed by atoms with Crippen molar-refractivity contribution in [3.05, 3.63) is 11.1 Å². The molecule has 0 aromatic carbocycles. The zero-order valence-corrected chi connectivity index (χ0v) is 13.4. The van der Waals surface area contributed by atoms with Crippen molar-refractivity contribution in [2.75, 3.05) is 18.1 Å². The lowest BCUT2D eigenvalue weighted by molar-refractivity contribution is -0.116. The second-order valence-corrected chi connectivity index (χ2v) is 6.26. The molecule has 1 fully saturated rings. The molecule has 1 saturated heterocycles. The maximum atomic E-state index is 11.5. The highest BCUT2D eigenvalue weighted by atomic mass is 32.1. The van der Waals surface area contributed by atoms with E-state index in [-0.39, 0.29) is 17.6 Å². The van der Waals surface area contributed by atoms with Crippen LogP contribution < -0.4 is 10.2 Å². The molecule has 112 valence electrons. The largest absolute Gasteiger partial charge is 0.377 e. The second kappa shape index (κ2) is 6.20. The molecule has 0 aliphatic carbocycles. The average molecular weight is 297 g/mol. The van der Waals surface area contributed by atoms with Gasteiger partial charge in [-0.2, -0.15) is 0 Å². The Bertz CT molecular complexity index is 477. The third-order valence-corrected chi connectivity index (χ3v) is 4.94. The fourth-order valence-corrected chi connectivity index (χ4v) is 3.29. The maximum Gasteiger partial charge on any atom is 0.225 e. The number of nitrogens with one attached hydrogen (secondary N) is 1. The zero-order chi connectivity index (χ0) is 14.8. The van der Waals surface area contributed by atoms with Crippen LogP contribution in [0.25, 0.3) is 0 Å². The second-order valence-electron chi connectivity index (χ2n) is 5.42. The standard InChI is InChI=1S/C14H23N3O2S/c1-5-17(11(3)18)13-16-12(9-20-13)8-15-14(4)6-7-19-10(14)2/h9-10,15H,5-8H2,1-4H3. The Hall–Kier alpha value is -0.980. The van der Waals surface area contributed by atoms with Gasteiger partial charge in [-0.05, 0) is 27.2 Å². The molecule has 2 heterocycles. The Morgan fingerprint density at radius 2 is 2.45 bits per heavy atom. The number of hydrogen-bond donors (Lipinski definition) is 1. The van der Waals surface area contributed by atoms with Crippen LogP contribution in [0.2, 0.25) is 0 Å². The number of anilines is 1. The molecule has 2 rings (SSSR count). The van der Waals surface area contributed by atoms with Crippen LogP contribution in [0, 0.1) is 0 Å². The lowest BCUT2D eigenvalue weighted by Crippen LogP contribution is -2.47. The quantitative estimate of drug-likeness (QED) is 0.905. The molecular formula is C14H23N3O2S. The molecule has 20 heavy (non-hydrogen) atoms. The Kier molecular flexibility index (Phi) is 4.78. The monoisotopic (exact) mass is 297 g/mol. The summed E-state index contributed by atoms with van der Waals surface area (Å²) >= 11 is 1.52. The van der Waals surface area contributed by atoms with Gasteiger partial charge in [0, 0.05) is 37.5 Å². The highest BCUT2D eigenvalue weighted by Crippen LogP contribution is 2.26. The van der Waals surface area contributed by atoms with Crippen LogP contribution in [0.5, 0.6) is 0 Å². The number of hydrogen-bond acceptors (Lipinski definition) is 5. The molecule has 0 radical (unpaired) electrons. The maximum absolute atomic E-state index is 11.5. The van der Waals surface area contributed by atoms with Crippen molar-refractivity contribution < 1.29 is 9.53 Å². The minimum Gasteiger partial charge on any atom is -0.377 e. The summed E-state index contributed by atoms with van der Waals surface area (Å²) in [5.41, 5.74) is 0.986. The van der Waals surface area contributed by atoms with E-state index in [1.165, 1.54) is 11.3 Å². The molecule has 1 aliphatic heterocycles. The fourth-order valence-electron chi connectivity index (χ4n) is 2.35. The molecule has 1 aromatic heterocycles. The molecule has 1 N–H and O–H groups in total. The molecule has 0 saturated carbocycles. The Morgan fingerprint density at radius 3 is 3.00 bits per heavy atom. The predicted octanol–water partition coefficient (Wildman–Crippen LogP) is 2.17. The number of amides is 1. The van der Waals surface area contributed by atoms with E-state index in [1.807, 2.05) is 12.3 Å². The zero-order valence-electron chi connectivity index (χ0n) is 12.6. The van der Waals surface area contributed by atoms with Crippen LogP contribution >= 0.6 is 11.3 Å². The van der Waals surface area contributed by atoms with Gasteiger partial charge in [-0.1, -0.05) is 0 Å². The van der Waals surface area contributed by atoms with Crippen LogP contribution in [0.1, 0.15) is 39.8 Å². The van der Waals surface area contributed by atoms with Crippen molar-refractivity contribution in [3.63, 3.8) is 0 Å². The van der Waals surface area contributed by atoms with E-state index in [1.54, 1.807) is 11.8 Å². The minimum atomic E-state index is 0.00873. The van der Waals surface area contributed by atoms with Gasteiger partial charge in [-0.25, -0.2) is 4.98 Å². The Morgan fingerprint density at radius 1 is 1.70 bits per heavy atom. The van der Waals surface area contributed by atoms with Gasteiger partial charge in [-0.15, -0.1) is 11.3 Å². The molecular weight excluding hydrogens is 274 g/mol. The van der Waals surface area contributed by atoms with Gasteiger partial charge in [0.1, 0.15) is 0 Å². The molecule has 2 unspecified atom stereocenters. The average Bonchev–Trinajstić information content (AvgIpc) is 2.97. The van der Waals surface area contributed by atoms with Gasteiger partial charge >= 0.3 is 0 Å². The van der Waals surface area contributed by atoms with E-state index < -0.39 is 0 Å². The topological polar surface area (TPSA) is 54.5 Å². The molecule has 2 atom stereocenters. The number of nitrogens with zero attached hydrogens (tertiary/aromatic N) is 2. The van der Waals surface area contributed by atoms with E-state index in [9.17, 15) is 4.79 Å². The first-order valence-electron chi connectivity index (χ1n) is 7.05. The Labute approximate surface area is 124 Å². The van der Waals surface area contributed by atoms with Gasteiger partial charge < -0.3 is 10.1 Å². The van der Waals surface area contributed by atoms with E-state index in [4.69, 9.17) is 4.74 Å². The number of thiazole rings is 1. The summed E-state index contributed by atoms with van der Waals surface area (Å²) < 4.78 is 5.62. The van der Waals surface area contributed by atoms with Gasteiger partial charge in [0.15, 0.2) is 5.13 Å². The summed E-state index contributed by atoms with van der Waals surface area (Å²) in [7, 11) is 0. The number of carbonyl (C=O) groups excluding carboxylic acids is 1. The van der Waals surface area contributed by atoms with Crippen LogP contribution in [0.4, 0.5) is 5.13 Å². The van der Waals surface area contributed by atoms with Crippen molar-refractivity contribution in [3.8, 4) is 0 Å². The molecule has 6 heteroatoms. The fraction of sp³-hybridized carbons (Fsp3) is 0.714. The highest BCUT2D eigenvalue weighted by Gasteiger charge is 2.36. The van der Waals surface area contributed by atoms with Gasteiger partial charge in [-0.3, -0.25) is 9.69 Å². The first-order valence-corrected chi connectivity index (χ1v) is 7.93. The van der Waals surface area contributed by atoms with Crippen molar-refractivity contribution in [2.45, 2.75) is 52.3 Å². The summed E-state index contributed by atoms with van der Waals surface area (Å²) in [6, 6.07) is 0. The molecule has 0 spiro atoms. The first-order chi connectivity index (χ1) is 9.46. The first kappa shape index (κ1) is 15.4. The van der Waals surface area contributed by atoms with Gasteiger partial charge in [0.2, 0.25) is 5.91 Å². The van der Waals surface area contributed by atoms with E-state index >= 15 is 0 Å². The summed E-state index contributed by atoms with van der Waals surface area (Å²) in [5, 5.41) is 6.33. The summed E-state index contributed by atoms with van der Waals surface area (Å²) in [6.07, 6.45) is 1.23. The van der Waals surface area contributed by atoms with Crippen LogP contribution in [0.15, 0.2) is 5.38 Å². The van der Waals surface area contributed by atoms with Crippen LogP contribution in [0.3, 0.4) is 0 Å². The third-order valence-electron chi connectivity index (χ3n) is 4.03. The third kappa shape index (κ3) is 3.19. The van der Waals surface area contributed by atoms with Gasteiger partial charge in [0.25, 0.3) is 0 Å². The van der Waals surface area contributed by atoms with E-state index in [0.717, 1.165) is 23.9 Å². The number of ether oxygens (including phenoxy) is 1. The van der Waals surface area contributed by atoms with Crippen molar-refractivity contribution in [2.24, 2.45) is 0 Å². The number of carbonyl (C=O) groups is 1. The molecule has 1 amide bonds. The van der Waals surface area contributed by atoms with Gasteiger partial charge in [0.05, 0.1) is 11.8 Å². The van der Waals surface area contributed by atoms with Crippen LogP contribution in [-0.2, 0) is 16.1 Å². The number of rotatable bonds is 5. The summed E-state index contributed by atoms with van der Waals surface area (Å²) in [4.78, 5) is 17.7. The number of aromatic nitrogens is 1. The molecule has 1 aromatic rings. The van der Waals surface area contributed by atoms with Crippen molar-refractivity contribution >= 4 is 22.4 Å².